The quantitative estimate of drug-likeness (QED) is 0.253. The number of hydrogen-bond donors (Lipinski definition) is 1. The van der Waals surface area contributed by atoms with Crippen molar-refractivity contribution in [1.82, 2.24) is 24.4 Å². The maximum Gasteiger partial charge on any atom is 0.293 e. The fourth-order valence-electron chi connectivity index (χ4n) is 4.17. The highest BCUT2D eigenvalue weighted by Gasteiger charge is 2.14. The van der Waals surface area contributed by atoms with Crippen LogP contribution in [0.3, 0.4) is 0 Å². The number of anilines is 1. The van der Waals surface area contributed by atoms with Gasteiger partial charge in [-0.05, 0) is 57.5 Å². The Morgan fingerprint density at radius 2 is 1.68 bits per heavy atom. The van der Waals surface area contributed by atoms with Gasteiger partial charge in [-0.15, -0.1) is 0 Å². The Labute approximate surface area is 227 Å². The van der Waals surface area contributed by atoms with E-state index in [2.05, 4.69) is 45.9 Å². The van der Waals surface area contributed by atoms with Gasteiger partial charge in [0.25, 0.3) is 5.56 Å². The van der Waals surface area contributed by atoms with Crippen LogP contribution in [-0.2, 0) is 11.3 Å². The number of ether oxygens (including phenoxy) is 2. The van der Waals surface area contributed by atoms with Gasteiger partial charge in [-0.3, -0.25) is 9.36 Å². The lowest BCUT2D eigenvalue weighted by molar-refractivity contribution is 0.127. The van der Waals surface area contributed by atoms with Gasteiger partial charge in [0, 0.05) is 49.3 Å². The molecule has 3 rings (SSSR count). The van der Waals surface area contributed by atoms with Gasteiger partial charge in [0.05, 0.1) is 19.2 Å². The lowest BCUT2D eigenvalue weighted by Gasteiger charge is -2.21. The number of nitrogens with one attached hydrogen (secondary N) is 1. The summed E-state index contributed by atoms with van der Waals surface area (Å²) in [5.41, 5.74) is 2.79. The first kappa shape index (κ1) is 31.2. The van der Waals surface area contributed by atoms with E-state index in [4.69, 9.17) is 9.47 Å². The fraction of sp³-hybridized carbons (Fsp3) is 0.586. The normalized spacial score (nSPS) is 10.9. The molecule has 0 aromatic carbocycles. The highest BCUT2D eigenvalue weighted by molar-refractivity contribution is 5.78. The van der Waals surface area contributed by atoms with Crippen molar-refractivity contribution in [2.75, 3.05) is 51.8 Å². The maximum absolute atomic E-state index is 13.4. The number of rotatable bonds is 16. The minimum atomic E-state index is -0.159. The van der Waals surface area contributed by atoms with E-state index in [0.717, 1.165) is 56.4 Å². The highest BCUT2D eigenvalue weighted by Crippen LogP contribution is 2.23. The van der Waals surface area contributed by atoms with E-state index in [-0.39, 0.29) is 5.56 Å². The molecule has 9 heteroatoms. The monoisotopic (exact) mass is 526 g/mol. The number of aromatic nitrogens is 4. The van der Waals surface area contributed by atoms with Crippen LogP contribution in [0.25, 0.3) is 22.3 Å². The van der Waals surface area contributed by atoms with E-state index >= 15 is 0 Å². The number of fused-ring (bicyclic) bond motifs is 1. The van der Waals surface area contributed by atoms with Crippen LogP contribution in [0, 0.1) is 0 Å². The molecule has 0 atom stereocenters. The molecular formula is C29H46N6O3. The second kappa shape index (κ2) is 17.5. The van der Waals surface area contributed by atoms with Crippen LogP contribution in [0.2, 0.25) is 0 Å². The van der Waals surface area contributed by atoms with Crippen molar-refractivity contribution in [3.8, 4) is 17.0 Å². The Morgan fingerprint density at radius 3 is 2.32 bits per heavy atom. The van der Waals surface area contributed by atoms with E-state index in [1.54, 1.807) is 30.1 Å². The minimum Gasteiger partial charge on any atom is -0.481 e. The number of pyridine rings is 2. The molecule has 0 saturated heterocycles. The molecule has 3 aromatic heterocycles. The van der Waals surface area contributed by atoms with Crippen LogP contribution in [0.15, 0.2) is 35.4 Å². The summed E-state index contributed by atoms with van der Waals surface area (Å²) in [5, 5.41) is 3.27. The van der Waals surface area contributed by atoms with Gasteiger partial charge in [-0.25, -0.2) is 15.0 Å². The smallest absolute Gasteiger partial charge is 0.293 e. The van der Waals surface area contributed by atoms with Gasteiger partial charge in [-0.2, -0.15) is 0 Å². The molecule has 3 aromatic rings. The molecule has 0 bridgehead atoms. The van der Waals surface area contributed by atoms with Gasteiger partial charge >= 0.3 is 0 Å². The zero-order valence-corrected chi connectivity index (χ0v) is 24.1. The Morgan fingerprint density at radius 1 is 0.947 bits per heavy atom. The summed E-state index contributed by atoms with van der Waals surface area (Å²) in [6.45, 7) is 15.9. The summed E-state index contributed by atoms with van der Waals surface area (Å²) < 4.78 is 12.6. The topological polar surface area (TPSA) is 94.4 Å². The third-order valence-corrected chi connectivity index (χ3v) is 5.91. The molecule has 0 radical (unpaired) electrons. The molecule has 38 heavy (non-hydrogen) atoms. The van der Waals surface area contributed by atoms with Crippen molar-refractivity contribution in [3.63, 3.8) is 0 Å². The zero-order valence-electron chi connectivity index (χ0n) is 24.1. The first-order chi connectivity index (χ1) is 18.6. The van der Waals surface area contributed by atoms with Crippen molar-refractivity contribution < 1.29 is 9.47 Å². The Balaban J connectivity index is 0.00000247. The zero-order chi connectivity index (χ0) is 27.8. The molecule has 0 unspecified atom stereocenters. The molecule has 3 heterocycles. The van der Waals surface area contributed by atoms with Crippen molar-refractivity contribution in [2.45, 2.75) is 66.8 Å². The van der Waals surface area contributed by atoms with Gasteiger partial charge in [-0.1, -0.05) is 34.6 Å². The number of hydrogen-bond acceptors (Lipinski definition) is 8. The molecule has 0 spiro atoms. The predicted molar refractivity (Wildman–Crippen MR) is 156 cm³/mol. The maximum atomic E-state index is 13.4. The summed E-state index contributed by atoms with van der Waals surface area (Å²) in [6, 6.07) is 5.67. The SMILES string of the molecule is CC.CCCOCCn1c(=O)c(NCCCN(CCC)CCC)nc2ncc(-c3ccc(OC)nc3)cc21. The summed E-state index contributed by atoms with van der Waals surface area (Å²) in [7, 11) is 1.59. The van der Waals surface area contributed by atoms with Gasteiger partial charge in [0.2, 0.25) is 5.88 Å². The van der Waals surface area contributed by atoms with Crippen molar-refractivity contribution in [3.05, 3.63) is 40.9 Å². The molecule has 1 N–H and O–H groups in total. The van der Waals surface area contributed by atoms with Crippen LogP contribution in [0.4, 0.5) is 5.82 Å². The molecule has 0 aliphatic rings. The second-order valence-corrected chi connectivity index (χ2v) is 8.81. The number of methoxy groups -OCH3 is 1. The Bertz CT molecular complexity index is 1130. The molecule has 0 fully saturated rings. The second-order valence-electron chi connectivity index (χ2n) is 8.81. The molecule has 0 saturated carbocycles. The average Bonchev–Trinajstić information content (AvgIpc) is 2.95. The third-order valence-electron chi connectivity index (χ3n) is 5.91. The Kier molecular flexibility index (Phi) is 14.3. The predicted octanol–water partition coefficient (Wildman–Crippen LogP) is 5.24. The number of nitrogens with zero attached hydrogens (tertiary/aromatic N) is 5. The summed E-state index contributed by atoms with van der Waals surface area (Å²) in [5.74, 6) is 0.879. The lowest BCUT2D eigenvalue weighted by Crippen LogP contribution is -2.30. The largest absolute Gasteiger partial charge is 0.481 e. The summed E-state index contributed by atoms with van der Waals surface area (Å²) in [4.78, 5) is 29.4. The van der Waals surface area contributed by atoms with Gasteiger partial charge < -0.3 is 19.7 Å². The van der Waals surface area contributed by atoms with Crippen LogP contribution in [-0.4, -0.2) is 70.9 Å². The first-order valence-electron chi connectivity index (χ1n) is 14.1. The standard InChI is InChI=1S/C27H40N6O3.C2H6/c1-5-12-32(13-6-2)14-8-11-28-26-27(34)33(15-17-36-16-7-3)23-18-22(20-30-25(23)31-26)21-9-10-24(35-4)29-19-21;1-2/h9-10,18-20H,5-8,11-17H2,1-4H3,(H,28,30,31);1-2H3. The molecule has 0 aliphatic carbocycles. The van der Waals surface area contributed by atoms with Crippen LogP contribution in [0.1, 0.15) is 60.3 Å². The third kappa shape index (κ3) is 9.06. The molecule has 9 nitrogen and oxygen atoms in total. The van der Waals surface area contributed by atoms with E-state index < -0.39 is 0 Å². The van der Waals surface area contributed by atoms with E-state index in [9.17, 15) is 4.79 Å². The molecule has 210 valence electrons. The minimum absolute atomic E-state index is 0.159. The van der Waals surface area contributed by atoms with Gasteiger partial charge in [0.1, 0.15) is 0 Å². The van der Waals surface area contributed by atoms with Crippen LogP contribution >= 0.6 is 0 Å². The van der Waals surface area contributed by atoms with Gasteiger partial charge in [0.15, 0.2) is 11.5 Å². The van der Waals surface area contributed by atoms with E-state index in [1.807, 2.05) is 26.0 Å². The van der Waals surface area contributed by atoms with E-state index in [0.29, 0.717) is 49.2 Å². The highest BCUT2D eigenvalue weighted by atomic mass is 16.5. The van der Waals surface area contributed by atoms with E-state index in [1.165, 1.54) is 0 Å². The van der Waals surface area contributed by atoms with Crippen molar-refractivity contribution >= 4 is 17.0 Å². The molecule has 0 aliphatic heterocycles. The summed E-state index contributed by atoms with van der Waals surface area (Å²) in [6.07, 6.45) is 7.66. The Hall–Kier alpha value is -3.04. The summed E-state index contributed by atoms with van der Waals surface area (Å²) >= 11 is 0. The van der Waals surface area contributed by atoms with Crippen LogP contribution in [0.5, 0.6) is 5.88 Å². The van der Waals surface area contributed by atoms with Crippen molar-refractivity contribution in [1.29, 1.82) is 0 Å². The van der Waals surface area contributed by atoms with Crippen molar-refractivity contribution in [2.24, 2.45) is 0 Å². The molecule has 0 amide bonds. The average molecular weight is 527 g/mol. The molecular weight excluding hydrogens is 480 g/mol. The first-order valence-corrected chi connectivity index (χ1v) is 14.1. The van der Waals surface area contributed by atoms with Crippen LogP contribution < -0.4 is 15.6 Å². The lowest BCUT2D eigenvalue weighted by atomic mass is 10.1. The fourth-order valence-corrected chi connectivity index (χ4v) is 4.17.